The van der Waals surface area contributed by atoms with Gasteiger partial charge in [-0.15, -0.1) is 0 Å². The number of hydrogen-bond acceptors (Lipinski definition) is 4. The average Bonchev–Trinajstić information content (AvgIpc) is 2.25. The van der Waals surface area contributed by atoms with Crippen LogP contribution in [-0.2, 0) is 9.15 Å². The summed E-state index contributed by atoms with van der Waals surface area (Å²) in [5.41, 5.74) is 0.868. The van der Waals surface area contributed by atoms with Crippen LogP contribution in [0.5, 0.6) is 0 Å². The van der Waals surface area contributed by atoms with Crippen molar-refractivity contribution in [1.29, 1.82) is 0 Å². The molecule has 1 rings (SSSR count). The van der Waals surface area contributed by atoms with E-state index in [-0.39, 0.29) is 11.3 Å². The predicted octanol–water partition coefficient (Wildman–Crippen LogP) is 1.87. The third-order valence-corrected chi connectivity index (χ3v) is 4.75. The van der Waals surface area contributed by atoms with Gasteiger partial charge in [-0.1, -0.05) is 30.3 Å². The summed E-state index contributed by atoms with van der Waals surface area (Å²) in [4.78, 5) is 0. The minimum absolute atomic E-state index is 0.0608. The first kappa shape index (κ1) is 13.5. The lowest BCUT2D eigenvalue weighted by Gasteiger charge is -2.21. The molecule has 0 fully saturated rings. The molecule has 0 saturated heterocycles. The molecule has 2 N–H and O–H groups in total. The quantitative estimate of drug-likeness (QED) is 0.625. The molecule has 1 aromatic rings. The summed E-state index contributed by atoms with van der Waals surface area (Å²) in [6.45, 7) is 1.87. The SMILES string of the molecule is CN[C@@H](C)[C@@H](SS(=O)(=O)O)c1ccccc1. The Bertz CT molecular complexity index is 419. The molecule has 0 aliphatic carbocycles. The minimum Gasteiger partial charge on any atom is -0.316 e. The number of benzene rings is 1. The summed E-state index contributed by atoms with van der Waals surface area (Å²) in [6, 6.07) is 9.18. The van der Waals surface area contributed by atoms with Crippen molar-refractivity contribution in [2.24, 2.45) is 0 Å². The molecule has 0 bridgehead atoms. The van der Waals surface area contributed by atoms with Crippen molar-refractivity contribution in [2.75, 3.05) is 7.05 Å². The van der Waals surface area contributed by atoms with E-state index in [0.29, 0.717) is 10.8 Å². The van der Waals surface area contributed by atoms with Gasteiger partial charge in [0.1, 0.15) is 0 Å². The van der Waals surface area contributed by atoms with Gasteiger partial charge >= 0.3 is 9.15 Å². The Kier molecular flexibility index (Phi) is 4.79. The van der Waals surface area contributed by atoms with Crippen molar-refractivity contribution in [1.82, 2.24) is 5.32 Å². The molecule has 2 atom stereocenters. The zero-order valence-corrected chi connectivity index (χ0v) is 10.8. The molecular formula is C10H15NO3S2. The molecule has 0 aromatic heterocycles. The fraction of sp³-hybridized carbons (Fsp3) is 0.400. The van der Waals surface area contributed by atoms with Crippen LogP contribution in [-0.4, -0.2) is 26.1 Å². The van der Waals surface area contributed by atoms with E-state index >= 15 is 0 Å². The third kappa shape index (κ3) is 4.13. The summed E-state index contributed by atoms with van der Waals surface area (Å²) in [7, 11) is -1.74. The third-order valence-electron chi connectivity index (χ3n) is 2.26. The molecule has 0 unspecified atom stereocenters. The van der Waals surface area contributed by atoms with Gasteiger partial charge in [-0.05, 0) is 19.5 Å². The van der Waals surface area contributed by atoms with Crippen LogP contribution in [0.4, 0.5) is 0 Å². The van der Waals surface area contributed by atoms with E-state index in [1.54, 1.807) is 7.05 Å². The van der Waals surface area contributed by atoms with Crippen LogP contribution < -0.4 is 5.32 Å². The maximum absolute atomic E-state index is 10.9. The van der Waals surface area contributed by atoms with Gasteiger partial charge in [0.15, 0.2) is 0 Å². The molecule has 0 spiro atoms. The molecule has 16 heavy (non-hydrogen) atoms. The highest BCUT2D eigenvalue weighted by Crippen LogP contribution is 2.35. The summed E-state index contributed by atoms with van der Waals surface area (Å²) in [5, 5.41) is 2.66. The number of rotatable bonds is 5. The van der Waals surface area contributed by atoms with Crippen LogP contribution in [0, 0.1) is 0 Å². The number of nitrogens with one attached hydrogen (secondary N) is 1. The first-order valence-electron chi connectivity index (χ1n) is 4.82. The van der Waals surface area contributed by atoms with Crippen LogP contribution in [0.25, 0.3) is 0 Å². The molecule has 0 aliphatic rings. The van der Waals surface area contributed by atoms with Crippen molar-refractivity contribution in [3.63, 3.8) is 0 Å². The fourth-order valence-electron chi connectivity index (χ4n) is 1.35. The number of likely N-dealkylation sites (N-methyl/N-ethyl adjacent to an activating group) is 1. The predicted molar refractivity (Wildman–Crippen MR) is 66.8 cm³/mol. The van der Waals surface area contributed by atoms with E-state index in [2.05, 4.69) is 5.32 Å². The first-order valence-corrected chi connectivity index (χ1v) is 7.65. The molecule has 0 heterocycles. The highest BCUT2D eigenvalue weighted by Gasteiger charge is 2.24. The molecule has 4 nitrogen and oxygen atoms in total. The second-order valence-corrected chi connectivity index (χ2v) is 6.83. The van der Waals surface area contributed by atoms with Gasteiger partial charge < -0.3 is 5.32 Å². The van der Waals surface area contributed by atoms with Crippen LogP contribution in [0.3, 0.4) is 0 Å². The van der Waals surface area contributed by atoms with Gasteiger partial charge in [-0.3, -0.25) is 4.55 Å². The molecule has 0 aliphatic heterocycles. The van der Waals surface area contributed by atoms with Crippen LogP contribution in [0.15, 0.2) is 30.3 Å². The Labute approximate surface area is 99.6 Å². The lowest BCUT2D eigenvalue weighted by atomic mass is 10.1. The number of hydrogen-bond donors (Lipinski definition) is 2. The highest BCUT2D eigenvalue weighted by molar-refractivity contribution is 8.70. The lowest BCUT2D eigenvalue weighted by molar-refractivity contribution is 0.501. The van der Waals surface area contributed by atoms with Gasteiger partial charge in [-0.2, -0.15) is 8.42 Å². The summed E-state index contributed by atoms with van der Waals surface area (Å²) in [6.07, 6.45) is 0. The fourth-order valence-corrected chi connectivity index (χ4v) is 3.81. The molecule has 90 valence electrons. The second-order valence-electron chi connectivity index (χ2n) is 3.43. The molecule has 0 radical (unpaired) electrons. The summed E-state index contributed by atoms with van der Waals surface area (Å²) >= 11 is 0. The molecule has 0 saturated carbocycles. The molecule has 6 heteroatoms. The first-order chi connectivity index (χ1) is 7.44. The van der Waals surface area contributed by atoms with Crippen LogP contribution in [0.1, 0.15) is 17.7 Å². The van der Waals surface area contributed by atoms with Crippen molar-refractivity contribution in [3.05, 3.63) is 35.9 Å². The van der Waals surface area contributed by atoms with Crippen LogP contribution in [0.2, 0.25) is 0 Å². The standard InChI is InChI=1S/C10H15NO3S2/c1-8(11-2)10(15-16(12,13)14)9-6-4-3-5-7-9/h3-8,10-11H,1-2H3,(H,12,13,14)/t8-,10+/m0/s1. The Morgan fingerprint density at radius 1 is 1.31 bits per heavy atom. The zero-order chi connectivity index (χ0) is 12.2. The lowest BCUT2D eigenvalue weighted by Crippen LogP contribution is -2.27. The highest BCUT2D eigenvalue weighted by atomic mass is 33.1. The monoisotopic (exact) mass is 261 g/mol. The maximum atomic E-state index is 10.9. The molecule has 0 amide bonds. The smallest absolute Gasteiger partial charge is 0.316 e. The van der Waals surface area contributed by atoms with Gasteiger partial charge in [0.2, 0.25) is 0 Å². The van der Waals surface area contributed by atoms with E-state index in [1.807, 2.05) is 37.3 Å². The molecule has 1 aromatic carbocycles. The van der Waals surface area contributed by atoms with Crippen molar-refractivity contribution in [2.45, 2.75) is 18.2 Å². The van der Waals surface area contributed by atoms with E-state index in [9.17, 15) is 8.42 Å². The Hall–Kier alpha value is -0.560. The van der Waals surface area contributed by atoms with Crippen molar-refractivity contribution >= 4 is 19.9 Å². The molecular weight excluding hydrogens is 246 g/mol. The summed E-state index contributed by atoms with van der Waals surface area (Å²) < 4.78 is 30.8. The van der Waals surface area contributed by atoms with Gasteiger partial charge in [0.25, 0.3) is 0 Å². The maximum Gasteiger partial charge on any atom is 0.320 e. The summed E-state index contributed by atoms with van der Waals surface area (Å²) in [5.74, 6) is 0. The van der Waals surface area contributed by atoms with E-state index in [4.69, 9.17) is 4.55 Å². The second kappa shape index (κ2) is 5.67. The minimum atomic E-state index is -4.05. The normalized spacial score (nSPS) is 15.7. The Morgan fingerprint density at radius 3 is 2.31 bits per heavy atom. The Morgan fingerprint density at radius 2 is 1.88 bits per heavy atom. The topological polar surface area (TPSA) is 66.4 Å². The zero-order valence-electron chi connectivity index (χ0n) is 9.12. The van der Waals surface area contributed by atoms with Gasteiger partial charge in [0, 0.05) is 16.8 Å². The van der Waals surface area contributed by atoms with Crippen molar-refractivity contribution < 1.29 is 13.0 Å². The van der Waals surface area contributed by atoms with Crippen molar-refractivity contribution in [3.8, 4) is 0 Å². The Balaban J connectivity index is 2.97. The van der Waals surface area contributed by atoms with Gasteiger partial charge in [-0.25, -0.2) is 0 Å². The van der Waals surface area contributed by atoms with E-state index < -0.39 is 9.15 Å². The van der Waals surface area contributed by atoms with Gasteiger partial charge in [0.05, 0.1) is 5.25 Å². The van der Waals surface area contributed by atoms with Crippen LogP contribution >= 0.6 is 10.8 Å². The van der Waals surface area contributed by atoms with E-state index in [0.717, 1.165) is 5.56 Å². The average molecular weight is 261 g/mol. The van der Waals surface area contributed by atoms with E-state index in [1.165, 1.54) is 0 Å². The largest absolute Gasteiger partial charge is 0.320 e.